The number of fused-ring (bicyclic) bond motifs is 15. The summed E-state index contributed by atoms with van der Waals surface area (Å²) < 4.78 is 9.47. The number of furan rings is 1. The quantitative estimate of drug-likeness (QED) is 0.155. The van der Waals surface area contributed by atoms with Crippen LogP contribution in [0.15, 0.2) is 205 Å². The molecule has 94 heavy (non-hydrogen) atoms. The van der Waals surface area contributed by atoms with Crippen LogP contribution < -0.4 is 30.4 Å². The first-order chi connectivity index (χ1) is 45.0. The smallest absolute Gasteiger partial charge is 0.264 e. The van der Waals surface area contributed by atoms with Crippen molar-refractivity contribution in [3.05, 3.63) is 239 Å². The van der Waals surface area contributed by atoms with E-state index in [0.717, 1.165) is 68.7 Å². The highest BCUT2D eigenvalue weighted by Crippen LogP contribution is 2.61. The molecule has 468 valence electrons. The van der Waals surface area contributed by atoms with Crippen LogP contribution in [0.25, 0.3) is 54.3 Å². The van der Waals surface area contributed by atoms with Crippen LogP contribution in [0.5, 0.6) is 0 Å². The van der Waals surface area contributed by atoms with Gasteiger partial charge in [0.1, 0.15) is 11.2 Å². The second-order valence-electron chi connectivity index (χ2n) is 32.6. The van der Waals surface area contributed by atoms with Crippen LogP contribution >= 0.6 is 11.3 Å². The third-order valence-corrected chi connectivity index (χ3v) is 24.0. The van der Waals surface area contributed by atoms with Crippen LogP contribution in [0.2, 0.25) is 0 Å². The Morgan fingerprint density at radius 1 is 0.447 bits per heavy atom. The van der Waals surface area contributed by atoms with Gasteiger partial charge in [-0.2, -0.15) is 0 Å². The molecular weight excluding hydrogens is 1160 g/mol. The predicted octanol–water partition coefficient (Wildman–Crippen LogP) is 23.5. The van der Waals surface area contributed by atoms with Crippen molar-refractivity contribution in [2.45, 2.75) is 167 Å². The van der Waals surface area contributed by atoms with Gasteiger partial charge in [0.05, 0.1) is 11.4 Å². The van der Waals surface area contributed by atoms with Gasteiger partial charge in [-0.05, 0) is 199 Å². The van der Waals surface area contributed by atoms with Crippen molar-refractivity contribution in [2.24, 2.45) is 0 Å². The van der Waals surface area contributed by atoms with Crippen molar-refractivity contribution in [1.29, 1.82) is 0 Å². The van der Waals surface area contributed by atoms with E-state index in [1.807, 2.05) is 11.3 Å². The van der Waals surface area contributed by atoms with Crippen LogP contribution in [0, 0.1) is 0 Å². The lowest BCUT2D eigenvalue weighted by Gasteiger charge is -2.45. The molecule has 0 radical (unpaired) electrons. The number of rotatable bonds is 6. The molecule has 12 aromatic rings. The summed E-state index contributed by atoms with van der Waals surface area (Å²) in [4.78, 5) is 7.99. The molecule has 3 aliphatic carbocycles. The minimum Gasteiger partial charge on any atom is -0.455 e. The average Bonchev–Trinajstić information content (AvgIpc) is 1.32. The number of anilines is 9. The Morgan fingerprint density at radius 3 is 1.69 bits per heavy atom. The molecule has 0 unspecified atom stereocenters. The van der Waals surface area contributed by atoms with E-state index >= 15 is 0 Å². The Balaban J connectivity index is 0.964. The maximum atomic E-state index is 6.72. The largest absolute Gasteiger partial charge is 0.455 e. The molecule has 0 amide bonds. The van der Waals surface area contributed by atoms with Crippen LogP contribution in [-0.2, 0) is 32.5 Å². The number of para-hydroxylation sites is 2. The topological polar surface area (TPSA) is 22.9 Å². The summed E-state index contributed by atoms with van der Waals surface area (Å²) in [7, 11) is 0. The molecule has 0 N–H and O–H groups in total. The van der Waals surface area contributed by atoms with E-state index in [1.165, 1.54) is 136 Å². The highest BCUT2D eigenvalue weighted by atomic mass is 32.1. The molecule has 4 nitrogen and oxygen atoms in total. The van der Waals surface area contributed by atoms with E-state index in [0.29, 0.717) is 0 Å². The maximum absolute atomic E-state index is 6.72. The molecule has 5 aliphatic rings. The minimum absolute atomic E-state index is 0.00850. The van der Waals surface area contributed by atoms with Gasteiger partial charge < -0.3 is 19.1 Å². The fraction of sp³-hybridized carbons (Fsp3) is 0.295. The highest BCUT2D eigenvalue weighted by molar-refractivity contribution is 7.33. The molecule has 0 saturated heterocycles. The number of thiophene rings is 1. The van der Waals surface area contributed by atoms with E-state index in [-0.39, 0.29) is 39.2 Å². The molecule has 2 aliphatic heterocycles. The van der Waals surface area contributed by atoms with Gasteiger partial charge in [0.2, 0.25) is 0 Å². The predicted molar refractivity (Wildman–Crippen MR) is 404 cm³/mol. The Hall–Kier alpha value is -8.58. The van der Waals surface area contributed by atoms with Gasteiger partial charge in [0, 0.05) is 82.0 Å². The van der Waals surface area contributed by atoms with Crippen molar-refractivity contribution in [2.75, 3.05) is 14.7 Å². The van der Waals surface area contributed by atoms with Gasteiger partial charge in [-0.3, -0.25) is 0 Å². The summed E-state index contributed by atoms with van der Waals surface area (Å²) >= 11 is 2.04. The summed E-state index contributed by atoms with van der Waals surface area (Å²) in [6, 6.07) is 78.3. The van der Waals surface area contributed by atoms with Crippen molar-refractivity contribution in [3.8, 4) is 22.3 Å². The van der Waals surface area contributed by atoms with Gasteiger partial charge >= 0.3 is 0 Å². The molecule has 1 fully saturated rings. The molecular formula is C88H86BN3OS. The zero-order chi connectivity index (χ0) is 64.8. The Kier molecular flexibility index (Phi) is 13.0. The number of benzene rings is 10. The van der Waals surface area contributed by atoms with Crippen molar-refractivity contribution >= 4 is 117 Å². The van der Waals surface area contributed by atoms with Crippen LogP contribution in [0.3, 0.4) is 0 Å². The third kappa shape index (κ3) is 8.97. The summed E-state index contributed by atoms with van der Waals surface area (Å²) in [6.45, 7) is 31.0. The number of nitrogens with zero attached hydrogens (tertiary/aromatic N) is 3. The van der Waals surface area contributed by atoms with Crippen LogP contribution in [0.4, 0.5) is 51.2 Å². The van der Waals surface area contributed by atoms with Crippen molar-refractivity contribution < 1.29 is 4.42 Å². The monoisotopic (exact) mass is 1240 g/mol. The molecule has 10 aromatic carbocycles. The lowest BCUT2D eigenvalue weighted by Crippen LogP contribution is -2.60. The standard InChI is InChI=1S/C88H86BN3OS/c1-83(2,3)55-33-39-58(40-34-55)90(59-41-35-56(36-42-59)84(4,5)6)61-43-44-71-73(51-61)92(72-29-22-28-68-78(72)65-24-15-17-27-67(65)88(68)45-19-14-20-46-88)75-50-57(85(7,8)9)49-74-79(75)89(71)82-80(66-52-69-70(53-77(66)94-82)87(12,13)48-47-86(69,10)11)91(74)60-37-31-54(32-38-60)62-25-21-26-64-63-23-16-18-30-76(63)93-81(62)64/h15-18,21-44,49-53H,14,19-20,45-48H2,1-13H3. The summed E-state index contributed by atoms with van der Waals surface area (Å²) in [6.07, 6.45) is 8.42. The van der Waals surface area contributed by atoms with E-state index < -0.39 is 0 Å². The minimum atomic E-state index is -0.214. The molecule has 0 atom stereocenters. The van der Waals surface area contributed by atoms with Crippen LogP contribution in [0.1, 0.15) is 174 Å². The fourth-order valence-electron chi connectivity index (χ4n) is 17.4. The molecule has 17 rings (SSSR count). The number of hydrogen-bond donors (Lipinski definition) is 0. The van der Waals surface area contributed by atoms with E-state index in [2.05, 4.69) is 305 Å². The van der Waals surface area contributed by atoms with Gasteiger partial charge in [-0.15, -0.1) is 11.3 Å². The van der Waals surface area contributed by atoms with Crippen molar-refractivity contribution in [3.63, 3.8) is 0 Å². The second kappa shape index (κ2) is 20.7. The summed E-state index contributed by atoms with van der Waals surface area (Å²) in [5.41, 5.74) is 30.2. The lowest BCUT2D eigenvalue weighted by molar-refractivity contribution is 0.332. The third-order valence-electron chi connectivity index (χ3n) is 22.8. The second-order valence-corrected chi connectivity index (χ2v) is 33.7. The average molecular weight is 1240 g/mol. The Bertz CT molecular complexity index is 5010. The van der Waals surface area contributed by atoms with Gasteiger partial charge in [0.15, 0.2) is 0 Å². The molecule has 6 heteroatoms. The number of hydrogen-bond acceptors (Lipinski definition) is 5. The lowest BCUT2D eigenvalue weighted by atomic mass is 9.36. The summed E-state index contributed by atoms with van der Waals surface area (Å²) in [5.74, 6) is 0. The van der Waals surface area contributed by atoms with Gasteiger partial charge in [-0.25, -0.2) is 0 Å². The van der Waals surface area contributed by atoms with E-state index in [4.69, 9.17) is 4.42 Å². The first-order valence-electron chi connectivity index (χ1n) is 34.8. The molecule has 2 aromatic heterocycles. The van der Waals surface area contributed by atoms with Crippen LogP contribution in [-0.4, -0.2) is 6.71 Å². The van der Waals surface area contributed by atoms with E-state index in [9.17, 15) is 0 Å². The highest BCUT2D eigenvalue weighted by Gasteiger charge is 2.50. The van der Waals surface area contributed by atoms with Gasteiger partial charge in [-0.1, -0.05) is 225 Å². The van der Waals surface area contributed by atoms with Gasteiger partial charge in [0.25, 0.3) is 6.71 Å². The zero-order valence-corrected chi connectivity index (χ0v) is 58.1. The first kappa shape index (κ1) is 59.2. The Labute approximate surface area is 561 Å². The maximum Gasteiger partial charge on any atom is 0.264 e. The zero-order valence-electron chi connectivity index (χ0n) is 57.2. The molecule has 4 heterocycles. The molecule has 1 saturated carbocycles. The summed E-state index contributed by atoms with van der Waals surface area (Å²) in [5, 5.41) is 3.63. The van der Waals surface area contributed by atoms with Crippen molar-refractivity contribution in [1.82, 2.24) is 0 Å². The molecule has 1 spiro atoms. The Morgan fingerprint density at radius 2 is 1.02 bits per heavy atom. The first-order valence-corrected chi connectivity index (χ1v) is 35.6. The fourth-order valence-corrected chi connectivity index (χ4v) is 18.8. The van der Waals surface area contributed by atoms with E-state index in [1.54, 1.807) is 0 Å². The molecule has 0 bridgehead atoms. The normalized spacial score (nSPS) is 16.7. The SMILES string of the molecule is CC(C)(C)c1ccc(N(c2ccc(C(C)(C)C)cc2)c2ccc3c(c2)N(c2cccc4c2-c2ccccc2C42CCCCC2)c2cc(C(C)(C)C)cc4c2B3c2sc3cc5c(cc3c2N4c2ccc(-c3cccc4c3oc3ccccc34)cc2)C(C)(C)CCC5(C)C)cc1.